The van der Waals surface area contributed by atoms with Crippen LogP contribution in [0.5, 0.6) is 0 Å². The first-order chi connectivity index (χ1) is 7.61. The third-order valence-electron chi connectivity index (χ3n) is 3.43. The molecule has 1 aliphatic rings. The van der Waals surface area contributed by atoms with E-state index in [-0.39, 0.29) is 0 Å². The van der Waals surface area contributed by atoms with Gasteiger partial charge in [0.15, 0.2) is 0 Å². The minimum Gasteiger partial charge on any atom is -0.478 e. The Balaban J connectivity index is 2.35. The van der Waals surface area contributed by atoms with Gasteiger partial charge in [-0.05, 0) is 24.7 Å². The standard InChI is InChI=1S/C13H23NO2/c1-10(2)11-6-3-4-7-12(11)14-9-5-8-13(15)16/h5,8,10-12,14H,3-4,6-7,9H2,1-2H3,(H,15,16)/b8-5+. The van der Waals surface area contributed by atoms with Crippen molar-refractivity contribution in [1.29, 1.82) is 0 Å². The zero-order valence-corrected chi connectivity index (χ0v) is 10.3. The molecule has 1 aliphatic carbocycles. The van der Waals surface area contributed by atoms with Crippen LogP contribution in [-0.2, 0) is 4.79 Å². The smallest absolute Gasteiger partial charge is 0.328 e. The van der Waals surface area contributed by atoms with Gasteiger partial charge in [-0.2, -0.15) is 0 Å². The van der Waals surface area contributed by atoms with Gasteiger partial charge in [0.1, 0.15) is 0 Å². The van der Waals surface area contributed by atoms with Crippen molar-refractivity contribution in [1.82, 2.24) is 5.32 Å². The van der Waals surface area contributed by atoms with Gasteiger partial charge in [-0.1, -0.05) is 32.8 Å². The third-order valence-corrected chi connectivity index (χ3v) is 3.43. The highest BCUT2D eigenvalue weighted by Gasteiger charge is 2.26. The van der Waals surface area contributed by atoms with E-state index in [1.807, 2.05) is 0 Å². The summed E-state index contributed by atoms with van der Waals surface area (Å²) < 4.78 is 0. The molecule has 0 aliphatic heterocycles. The minimum absolute atomic E-state index is 0.562. The van der Waals surface area contributed by atoms with Crippen LogP contribution in [0.3, 0.4) is 0 Å². The maximum absolute atomic E-state index is 10.3. The van der Waals surface area contributed by atoms with Gasteiger partial charge in [0.05, 0.1) is 0 Å². The molecule has 2 atom stereocenters. The quantitative estimate of drug-likeness (QED) is 0.706. The van der Waals surface area contributed by atoms with Crippen molar-refractivity contribution < 1.29 is 9.90 Å². The van der Waals surface area contributed by atoms with Crippen LogP contribution in [0.4, 0.5) is 0 Å². The van der Waals surface area contributed by atoms with E-state index in [9.17, 15) is 4.79 Å². The van der Waals surface area contributed by atoms with Gasteiger partial charge in [-0.25, -0.2) is 4.79 Å². The first kappa shape index (κ1) is 13.2. The Morgan fingerprint density at radius 1 is 1.44 bits per heavy atom. The van der Waals surface area contributed by atoms with Crippen LogP contribution in [0, 0.1) is 11.8 Å². The molecule has 0 radical (unpaired) electrons. The van der Waals surface area contributed by atoms with Crippen molar-refractivity contribution in [2.24, 2.45) is 11.8 Å². The van der Waals surface area contributed by atoms with Gasteiger partial charge in [0.25, 0.3) is 0 Å². The fourth-order valence-electron chi connectivity index (χ4n) is 2.59. The summed E-state index contributed by atoms with van der Waals surface area (Å²) in [4.78, 5) is 10.3. The van der Waals surface area contributed by atoms with Crippen molar-refractivity contribution in [2.75, 3.05) is 6.54 Å². The highest BCUT2D eigenvalue weighted by atomic mass is 16.4. The van der Waals surface area contributed by atoms with Crippen molar-refractivity contribution in [3.05, 3.63) is 12.2 Å². The van der Waals surface area contributed by atoms with E-state index < -0.39 is 5.97 Å². The summed E-state index contributed by atoms with van der Waals surface area (Å²) in [6.45, 7) is 5.22. The van der Waals surface area contributed by atoms with E-state index in [0.717, 1.165) is 5.92 Å². The molecule has 1 saturated carbocycles. The summed E-state index contributed by atoms with van der Waals surface area (Å²) in [6, 6.07) is 0.562. The van der Waals surface area contributed by atoms with Gasteiger partial charge in [0.2, 0.25) is 0 Å². The molecule has 3 heteroatoms. The lowest BCUT2D eigenvalue weighted by atomic mass is 9.78. The maximum atomic E-state index is 10.3. The number of hydrogen-bond acceptors (Lipinski definition) is 2. The molecule has 1 fully saturated rings. The van der Waals surface area contributed by atoms with Gasteiger partial charge >= 0.3 is 5.97 Å². The molecule has 92 valence electrons. The molecule has 0 heterocycles. The molecule has 0 bridgehead atoms. The van der Waals surface area contributed by atoms with E-state index in [4.69, 9.17) is 5.11 Å². The van der Waals surface area contributed by atoms with E-state index in [2.05, 4.69) is 19.2 Å². The second-order valence-electron chi connectivity index (χ2n) is 4.95. The van der Waals surface area contributed by atoms with Crippen LogP contribution >= 0.6 is 0 Å². The fourth-order valence-corrected chi connectivity index (χ4v) is 2.59. The van der Waals surface area contributed by atoms with Gasteiger partial charge < -0.3 is 10.4 Å². The predicted molar refractivity (Wildman–Crippen MR) is 65.4 cm³/mol. The van der Waals surface area contributed by atoms with E-state index in [0.29, 0.717) is 18.5 Å². The molecule has 0 amide bonds. The van der Waals surface area contributed by atoms with Crippen molar-refractivity contribution >= 4 is 5.97 Å². The van der Waals surface area contributed by atoms with E-state index in [1.54, 1.807) is 6.08 Å². The van der Waals surface area contributed by atoms with Crippen LogP contribution in [0.25, 0.3) is 0 Å². The number of carboxylic acids is 1. The summed E-state index contributed by atoms with van der Waals surface area (Å²) in [5, 5.41) is 11.9. The summed E-state index contributed by atoms with van der Waals surface area (Å²) >= 11 is 0. The summed E-state index contributed by atoms with van der Waals surface area (Å²) in [7, 11) is 0. The number of carboxylic acid groups (broad SMARTS) is 1. The number of aliphatic carboxylic acids is 1. The summed E-state index contributed by atoms with van der Waals surface area (Å²) in [6.07, 6.45) is 8.06. The highest BCUT2D eigenvalue weighted by molar-refractivity contribution is 5.79. The third kappa shape index (κ3) is 4.35. The molecule has 0 aromatic rings. The topological polar surface area (TPSA) is 49.3 Å². The van der Waals surface area contributed by atoms with Crippen LogP contribution in [0.15, 0.2) is 12.2 Å². The first-order valence-electron chi connectivity index (χ1n) is 6.24. The second kappa shape index (κ2) is 6.69. The molecule has 2 N–H and O–H groups in total. The first-order valence-corrected chi connectivity index (χ1v) is 6.24. The Hall–Kier alpha value is -0.830. The predicted octanol–water partition coefficient (Wildman–Crippen LogP) is 2.43. The molecule has 0 aromatic carbocycles. The highest BCUT2D eigenvalue weighted by Crippen LogP contribution is 2.29. The van der Waals surface area contributed by atoms with Gasteiger partial charge in [-0.15, -0.1) is 0 Å². The molecule has 16 heavy (non-hydrogen) atoms. The molecule has 0 saturated heterocycles. The molecule has 2 unspecified atom stereocenters. The Kier molecular flexibility index (Phi) is 5.53. The van der Waals surface area contributed by atoms with Crippen LogP contribution in [0.1, 0.15) is 39.5 Å². The van der Waals surface area contributed by atoms with Crippen LogP contribution in [0.2, 0.25) is 0 Å². The average molecular weight is 225 g/mol. The lowest BCUT2D eigenvalue weighted by Gasteiger charge is -2.34. The zero-order valence-electron chi connectivity index (χ0n) is 10.3. The maximum Gasteiger partial charge on any atom is 0.328 e. The molecular formula is C13H23NO2. The normalized spacial score (nSPS) is 26.4. The molecular weight excluding hydrogens is 202 g/mol. The zero-order chi connectivity index (χ0) is 12.0. The average Bonchev–Trinajstić information content (AvgIpc) is 2.24. The van der Waals surface area contributed by atoms with Crippen LogP contribution < -0.4 is 5.32 Å². The number of rotatable bonds is 5. The summed E-state index contributed by atoms with van der Waals surface area (Å²) in [5.41, 5.74) is 0. The largest absolute Gasteiger partial charge is 0.478 e. The van der Waals surface area contributed by atoms with Crippen LogP contribution in [-0.4, -0.2) is 23.7 Å². The van der Waals surface area contributed by atoms with Gasteiger partial charge in [0, 0.05) is 18.7 Å². The number of hydrogen-bond donors (Lipinski definition) is 2. The Bertz CT molecular complexity index is 248. The minimum atomic E-state index is -0.870. The van der Waals surface area contributed by atoms with Crippen molar-refractivity contribution in [3.8, 4) is 0 Å². The number of nitrogens with one attached hydrogen (secondary N) is 1. The SMILES string of the molecule is CC(C)C1CCCCC1NC/C=C/C(=O)O. The second-order valence-corrected chi connectivity index (χ2v) is 4.95. The molecule has 0 spiro atoms. The fraction of sp³-hybridized carbons (Fsp3) is 0.769. The molecule has 1 rings (SSSR count). The van der Waals surface area contributed by atoms with Crippen molar-refractivity contribution in [3.63, 3.8) is 0 Å². The Labute approximate surface area is 97.9 Å². The molecule has 0 aromatic heterocycles. The Morgan fingerprint density at radius 3 is 2.75 bits per heavy atom. The van der Waals surface area contributed by atoms with E-state index >= 15 is 0 Å². The van der Waals surface area contributed by atoms with Gasteiger partial charge in [-0.3, -0.25) is 0 Å². The lowest BCUT2D eigenvalue weighted by Crippen LogP contribution is -2.40. The lowest BCUT2D eigenvalue weighted by molar-refractivity contribution is -0.131. The number of carbonyl (C=O) groups is 1. The monoisotopic (exact) mass is 225 g/mol. The summed E-state index contributed by atoms with van der Waals surface area (Å²) in [5.74, 6) is 0.582. The Morgan fingerprint density at radius 2 is 2.12 bits per heavy atom. The molecule has 3 nitrogen and oxygen atoms in total. The van der Waals surface area contributed by atoms with E-state index in [1.165, 1.54) is 31.8 Å². The van der Waals surface area contributed by atoms with Crippen molar-refractivity contribution in [2.45, 2.75) is 45.6 Å².